The summed E-state index contributed by atoms with van der Waals surface area (Å²) in [5.74, 6) is -0.0500. The molecular weight excluding hydrogens is 398 g/mol. The first-order valence-corrected chi connectivity index (χ1v) is 10.7. The summed E-state index contributed by atoms with van der Waals surface area (Å²) >= 11 is 9.61. The van der Waals surface area contributed by atoms with Gasteiger partial charge in [-0.15, -0.1) is 22.7 Å². The van der Waals surface area contributed by atoms with Crippen LogP contribution < -0.4 is 10.2 Å². The molecule has 1 amide bonds. The zero-order chi connectivity index (χ0) is 18.8. The molecule has 27 heavy (non-hydrogen) atoms. The molecule has 2 atom stereocenters. The molecular formula is C20H17ClN3OS2+. The minimum atomic E-state index is -0.0500. The molecule has 3 aromatic rings. The maximum absolute atomic E-state index is 12.7. The highest BCUT2D eigenvalue weighted by molar-refractivity contribution is 7.10. The molecule has 0 spiro atoms. The standard InChI is InChI=1S/C20H16ClN3OS2/c21-16-10-14(4-3-13(16)11-22)23-19(25)12-24-7-5-17-15(6-9-27-17)20(24)18-2-1-8-26-18/h1-4,6,8-10,20H,5,7,12H2,(H,23,25)/p+1/t20-/m1/s1. The van der Waals surface area contributed by atoms with Crippen LogP contribution in [0.5, 0.6) is 0 Å². The SMILES string of the molecule is N#Cc1ccc(NC(=O)C[NH+]2CCc3sccc3[C@@H]2c2cccs2)cc1Cl. The first-order valence-electron chi connectivity index (χ1n) is 8.59. The van der Waals surface area contributed by atoms with Crippen molar-refractivity contribution in [3.63, 3.8) is 0 Å². The van der Waals surface area contributed by atoms with Gasteiger partial charge in [-0.1, -0.05) is 17.7 Å². The van der Waals surface area contributed by atoms with Gasteiger partial charge in [-0.3, -0.25) is 4.79 Å². The third kappa shape index (κ3) is 3.78. The zero-order valence-electron chi connectivity index (χ0n) is 14.4. The summed E-state index contributed by atoms with van der Waals surface area (Å²) in [4.78, 5) is 16.6. The van der Waals surface area contributed by atoms with Crippen LogP contribution in [0.15, 0.2) is 47.2 Å². The Labute approximate surface area is 170 Å². The summed E-state index contributed by atoms with van der Waals surface area (Å²) in [7, 11) is 0. The van der Waals surface area contributed by atoms with E-state index in [1.807, 2.05) is 6.07 Å². The summed E-state index contributed by atoms with van der Waals surface area (Å²) in [5, 5.41) is 16.5. The van der Waals surface area contributed by atoms with Crippen LogP contribution >= 0.6 is 34.3 Å². The molecule has 0 aliphatic carbocycles. The Balaban J connectivity index is 1.52. The Morgan fingerprint density at radius 2 is 2.19 bits per heavy atom. The fourth-order valence-electron chi connectivity index (χ4n) is 3.54. The molecule has 4 rings (SSSR count). The van der Waals surface area contributed by atoms with Crippen molar-refractivity contribution in [2.45, 2.75) is 12.5 Å². The van der Waals surface area contributed by atoms with Crippen molar-refractivity contribution < 1.29 is 9.69 Å². The average molecular weight is 415 g/mol. The Bertz CT molecular complexity index is 1010. The van der Waals surface area contributed by atoms with E-state index in [0.29, 0.717) is 22.8 Å². The molecule has 1 aliphatic rings. The minimum absolute atomic E-state index is 0.0500. The summed E-state index contributed by atoms with van der Waals surface area (Å²) in [6.45, 7) is 1.31. The smallest absolute Gasteiger partial charge is 0.279 e. The van der Waals surface area contributed by atoms with Gasteiger partial charge in [0.2, 0.25) is 0 Å². The second-order valence-corrected chi connectivity index (χ2v) is 8.82. The van der Waals surface area contributed by atoms with E-state index >= 15 is 0 Å². The van der Waals surface area contributed by atoms with Crippen LogP contribution in [-0.2, 0) is 11.2 Å². The summed E-state index contributed by atoms with van der Waals surface area (Å²) in [6.07, 6.45) is 1.00. The largest absolute Gasteiger partial charge is 0.321 e. The van der Waals surface area contributed by atoms with Crippen molar-refractivity contribution in [3.8, 4) is 6.07 Å². The van der Waals surface area contributed by atoms with Gasteiger partial charge in [-0.05, 0) is 41.1 Å². The number of quaternary nitrogens is 1. The fourth-order valence-corrected chi connectivity index (χ4v) is 5.59. The van der Waals surface area contributed by atoms with Gasteiger partial charge >= 0.3 is 0 Å². The third-order valence-electron chi connectivity index (χ3n) is 4.76. The molecule has 0 saturated carbocycles. The predicted octanol–water partition coefficient (Wildman–Crippen LogP) is 3.50. The van der Waals surface area contributed by atoms with Gasteiger partial charge in [0.25, 0.3) is 5.91 Å². The topological polar surface area (TPSA) is 57.3 Å². The molecule has 1 aliphatic heterocycles. The molecule has 2 N–H and O–H groups in total. The van der Waals surface area contributed by atoms with Crippen molar-refractivity contribution in [3.05, 3.63) is 73.1 Å². The number of halogens is 1. The molecule has 0 saturated heterocycles. The number of anilines is 1. The number of nitrogens with zero attached hydrogens (tertiary/aromatic N) is 1. The molecule has 1 unspecified atom stereocenters. The van der Waals surface area contributed by atoms with Gasteiger partial charge in [0.05, 0.1) is 22.0 Å². The van der Waals surface area contributed by atoms with Crippen molar-refractivity contribution >= 4 is 45.9 Å². The number of benzene rings is 1. The highest BCUT2D eigenvalue weighted by Crippen LogP contribution is 2.31. The van der Waals surface area contributed by atoms with Crippen molar-refractivity contribution in [1.82, 2.24) is 0 Å². The van der Waals surface area contributed by atoms with E-state index in [2.05, 4.69) is 34.3 Å². The second kappa shape index (κ2) is 7.83. The highest BCUT2D eigenvalue weighted by atomic mass is 35.5. The van der Waals surface area contributed by atoms with Crippen LogP contribution in [0.2, 0.25) is 5.02 Å². The minimum Gasteiger partial charge on any atom is -0.321 e. The first-order chi connectivity index (χ1) is 13.2. The van der Waals surface area contributed by atoms with E-state index < -0.39 is 0 Å². The van der Waals surface area contributed by atoms with E-state index in [1.165, 1.54) is 20.2 Å². The number of fused-ring (bicyclic) bond motifs is 1. The monoisotopic (exact) mass is 414 g/mol. The average Bonchev–Trinajstić information content (AvgIpc) is 3.33. The quantitative estimate of drug-likeness (QED) is 0.686. The number of hydrogen-bond donors (Lipinski definition) is 2. The molecule has 2 aromatic heterocycles. The number of nitriles is 1. The first kappa shape index (κ1) is 18.2. The summed E-state index contributed by atoms with van der Waals surface area (Å²) in [6, 6.07) is 13.6. The van der Waals surface area contributed by atoms with Crippen LogP contribution in [0.25, 0.3) is 0 Å². The second-order valence-electron chi connectivity index (χ2n) is 6.44. The molecule has 4 nitrogen and oxygen atoms in total. The van der Waals surface area contributed by atoms with Crippen LogP contribution in [0.3, 0.4) is 0 Å². The summed E-state index contributed by atoms with van der Waals surface area (Å²) in [5.41, 5.74) is 2.36. The van der Waals surface area contributed by atoms with Crippen molar-refractivity contribution in [2.75, 3.05) is 18.4 Å². The zero-order valence-corrected chi connectivity index (χ0v) is 16.8. The van der Waals surface area contributed by atoms with Crippen LogP contribution in [0.4, 0.5) is 5.69 Å². The lowest BCUT2D eigenvalue weighted by molar-refractivity contribution is -0.919. The third-order valence-corrected chi connectivity index (χ3v) is 7.01. The van der Waals surface area contributed by atoms with Gasteiger partial charge in [-0.2, -0.15) is 5.26 Å². The van der Waals surface area contributed by atoms with E-state index in [0.717, 1.165) is 13.0 Å². The maximum Gasteiger partial charge on any atom is 0.279 e. The van der Waals surface area contributed by atoms with E-state index in [9.17, 15) is 4.79 Å². The highest BCUT2D eigenvalue weighted by Gasteiger charge is 2.35. The predicted molar refractivity (Wildman–Crippen MR) is 110 cm³/mol. The summed E-state index contributed by atoms with van der Waals surface area (Å²) < 4.78 is 0. The number of carbonyl (C=O) groups is 1. The lowest BCUT2D eigenvalue weighted by Crippen LogP contribution is -3.14. The number of carbonyl (C=O) groups excluding carboxylic acids is 1. The number of amides is 1. The molecule has 7 heteroatoms. The molecule has 0 fully saturated rings. The lowest BCUT2D eigenvalue weighted by Gasteiger charge is -2.31. The van der Waals surface area contributed by atoms with Gasteiger partial charge in [0, 0.05) is 22.5 Å². The Kier molecular flexibility index (Phi) is 5.28. The normalized spacial score (nSPS) is 18.5. The molecule has 1 aromatic carbocycles. The number of hydrogen-bond acceptors (Lipinski definition) is 4. The maximum atomic E-state index is 12.7. The van der Waals surface area contributed by atoms with Gasteiger partial charge in [-0.25, -0.2) is 0 Å². The van der Waals surface area contributed by atoms with Crippen LogP contribution in [0.1, 0.15) is 26.9 Å². The number of nitrogens with one attached hydrogen (secondary N) is 2. The van der Waals surface area contributed by atoms with Gasteiger partial charge in [0.1, 0.15) is 12.1 Å². The van der Waals surface area contributed by atoms with Crippen molar-refractivity contribution in [2.24, 2.45) is 0 Å². The van der Waals surface area contributed by atoms with Crippen LogP contribution in [0, 0.1) is 11.3 Å². The van der Waals surface area contributed by atoms with Crippen LogP contribution in [-0.4, -0.2) is 19.0 Å². The van der Waals surface area contributed by atoms with Crippen molar-refractivity contribution in [1.29, 1.82) is 5.26 Å². The van der Waals surface area contributed by atoms with E-state index in [1.54, 1.807) is 40.9 Å². The molecule has 136 valence electrons. The van der Waals surface area contributed by atoms with E-state index in [-0.39, 0.29) is 11.9 Å². The fraction of sp³-hybridized carbons (Fsp3) is 0.200. The van der Waals surface area contributed by atoms with E-state index in [4.69, 9.17) is 16.9 Å². The molecule has 0 bridgehead atoms. The number of rotatable bonds is 4. The lowest BCUT2D eigenvalue weighted by atomic mass is 9.98. The van der Waals surface area contributed by atoms with Gasteiger partial charge < -0.3 is 10.2 Å². The molecule has 3 heterocycles. The molecule has 0 radical (unpaired) electrons. The number of thiophene rings is 2. The Hall–Kier alpha value is -2.17. The van der Waals surface area contributed by atoms with Gasteiger partial charge in [0.15, 0.2) is 6.54 Å². The Morgan fingerprint density at radius 3 is 2.93 bits per heavy atom. The Morgan fingerprint density at radius 1 is 1.30 bits per heavy atom.